The van der Waals surface area contributed by atoms with Gasteiger partial charge in [-0.3, -0.25) is 4.79 Å². The molecule has 0 spiro atoms. The first-order chi connectivity index (χ1) is 9.08. The second-order valence-electron chi connectivity index (χ2n) is 4.47. The van der Waals surface area contributed by atoms with Crippen LogP contribution in [0.2, 0.25) is 0 Å². The molecule has 1 aromatic carbocycles. The van der Waals surface area contributed by atoms with Crippen LogP contribution < -0.4 is 10.4 Å². The number of nitrogens with one attached hydrogen (secondary N) is 1. The van der Waals surface area contributed by atoms with E-state index in [0.717, 1.165) is 3.57 Å². The number of halogens is 1. The average Bonchev–Trinajstić information content (AvgIpc) is 2.41. The molecule has 19 heavy (non-hydrogen) atoms. The van der Waals surface area contributed by atoms with Gasteiger partial charge in [-0.2, -0.15) is 0 Å². The summed E-state index contributed by atoms with van der Waals surface area (Å²) in [5, 5.41) is 13.8. The number of anilines is 1. The second kappa shape index (κ2) is 6.18. The molecule has 0 radical (unpaired) electrons. The normalized spacial score (nSPS) is 21.9. The van der Waals surface area contributed by atoms with Gasteiger partial charge in [0.15, 0.2) is 0 Å². The van der Waals surface area contributed by atoms with Crippen molar-refractivity contribution in [3.63, 3.8) is 0 Å². The molecular weight excluding hydrogens is 357 g/mol. The summed E-state index contributed by atoms with van der Waals surface area (Å²) in [6.45, 7) is 0. The maximum absolute atomic E-state index is 12.1. The highest BCUT2D eigenvalue weighted by Crippen LogP contribution is 2.26. The number of rotatable bonds is 3. The number of amides is 1. The Morgan fingerprint density at radius 1 is 1.11 bits per heavy atom. The Hall–Kier alpha value is -1.37. The van der Waals surface area contributed by atoms with E-state index in [1.54, 1.807) is 18.2 Å². The van der Waals surface area contributed by atoms with Gasteiger partial charge in [0, 0.05) is 21.1 Å². The van der Waals surface area contributed by atoms with E-state index in [9.17, 15) is 14.7 Å². The van der Waals surface area contributed by atoms with Crippen molar-refractivity contribution in [2.24, 2.45) is 11.8 Å². The van der Waals surface area contributed by atoms with Gasteiger partial charge in [0.25, 0.3) is 0 Å². The maximum Gasteiger partial charge on any atom is 0.228 e. The van der Waals surface area contributed by atoms with E-state index in [1.807, 2.05) is 18.2 Å². The molecule has 0 fully saturated rings. The van der Waals surface area contributed by atoms with Crippen LogP contribution in [0, 0.1) is 15.4 Å². The second-order valence-corrected chi connectivity index (χ2v) is 5.72. The van der Waals surface area contributed by atoms with Crippen LogP contribution in [0.4, 0.5) is 5.69 Å². The van der Waals surface area contributed by atoms with Crippen molar-refractivity contribution in [3.8, 4) is 0 Å². The van der Waals surface area contributed by atoms with Crippen molar-refractivity contribution in [3.05, 3.63) is 40.0 Å². The Morgan fingerprint density at radius 2 is 1.68 bits per heavy atom. The summed E-state index contributed by atoms with van der Waals surface area (Å²) in [6, 6.07) is 7.36. The summed E-state index contributed by atoms with van der Waals surface area (Å²) >= 11 is 2.18. The summed E-state index contributed by atoms with van der Waals surface area (Å²) in [7, 11) is 0. The van der Waals surface area contributed by atoms with Crippen molar-refractivity contribution < 1.29 is 14.7 Å². The molecule has 0 aliphatic heterocycles. The van der Waals surface area contributed by atoms with Gasteiger partial charge in [-0.25, -0.2) is 0 Å². The molecule has 1 aliphatic carbocycles. The minimum atomic E-state index is -1.16. The lowest BCUT2D eigenvalue weighted by Crippen LogP contribution is -2.41. The lowest BCUT2D eigenvalue weighted by Gasteiger charge is -2.28. The first-order valence-corrected chi connectivity index (χ1v) is 7.08. The number of hydrogen-bond acceptors (Lipinski definition) is 3. The van der Waals surface area contributed by atoms with Crippen LogP contribution in [0.5, 0.6) is 0 Å². The number of carboxylic acid groups (broad SMARTS) is 1. The Balaban J connectivity index is 2.08. The number of allylic oxidation sites excluding steroid dienone is 2. The van der Waals surface area contributed by atoms with Crippen LogP contribution >= 0.6 is 22.6 Å². The van der Waals surface area contributed by atoms with Crippen LogP contribution in [0.3, 0.4) is 0 Å². The van der Waals surface area contributed by atoms with Crippen molar-refractivity contribution in [1.29, 1.82) is 0 Å². The van der Waals surface area contributed by atoms with Gasteiger partial charge in [0.1, 0.15) is 0 Å². The standard InChI is InChI=1S/C14H14INO3/c15-9-5-7-10(8-6-9)16-13(17)11-3-1-2-4-12(11)14(18)19/h1-2,5-8,11-12H,3-4H2,(H,16,17)(H,18,19)/p-1. The highest BCUT2D eigenvalue weighted by Gasteiger charge is 2.29. The first kappa shape index (κ1) is 14.0. The predicted molar refractivity (Wildman–Crippen MR) is 78.1 cm³/mol. The van der Waals surface area contributed by atoms with E-state index in [0.29, 0.717) is 18.5 Å². The third-order valence-corrected chi connectivity index (χ3v) is 3.90. The summed E-state index contributed by atoms with van der Waals surface area (Å²) in [5.41, 5.74) is 0.678. The molecule has 1 aliphatic rings. The lowest BCUT2D eigenvalue weighted by molar-refractivity contribution is -0.313. The summed E-state index contributed by atoms with van der Waals surface area (Å²) in [5.74, 6) is -2.73. The maximum atomic E-state index is 12.1. The van der Waals surface area contributed by atoms with E-state index >= 15 is 0 Å². The smallest absolute Gasteiger partial charge is 0.228 e. The number of benzene rings is 1. The summed E-state index contributed by atoms with van der Waals surface area (Å²) in [4.78, 5) is 23.2. The van der Waals surface area contributed by atoms with Gasteiger partial charge in [0.2, 0.25) is 5.91 Å². The van der Waals surface area contributed by atoms with Crippen molar-refractivity contribution >= 4 is 40.2 Å². The van der Waals surface area contributed by atoms with Gasteiger partial charge < -0.3 is 15.2 Å². The van der Waals surface area contributed by atoms with E-state index in [-0.39, 0.29) is 5.91 Å². The summed E-state index contributed by atoms with van der Waals surface area (Å²) < 4.78 is 1.07. The van der Waals surface area contributed by atoms with Gasteiger partial charge in [-0.15, -0.1) is 0 Å². The largest absolute Gasteiger partial charge is 0.550 e. The molecule has 0 bridgehead atoms. The first-order valence-electron chi connectivity index (χ1n) is 6.00. The fourth-order valence-corrected chi connectivity index (χ4v) is 2.49. The zero-order chi connectivity index (χ0) is 13.8. The van der Waals surface area contributed by atoms with Gasteiger partial charge in [-0.1, -0.05) is 12.2 Å². The number of carboxylic acids is 1. The fourth-order valence-electron chi connectivity index (χ4n) is 2.13. The SMILES string of the molecule is O=C([O-])C1CC=CCC1C(=O)Nc1ccc(I)cc1. The molecule has 1 amide bonds. The van der Waals surface area contributed by atoms with Crippen molar-refractivity contribution in [1.82, 2.24) is 0 Å². The molecular formula is C14H13INO3-. The quantitative estimate of drug-likeness (QED) is 0.649. The predicted octanol–water partition coefficient (Wildman–Crippen LogP) is 1.56. The number of carbonyl (C=O) groups is 2. The highest BCUT2D eigenvalue weighted by molar-refractivity contribution is 14.1. The van der Waals surface area contributed by atoms with Crippen molar-refractivity contribution in [2.75, 3.05) is 5.32 Å². The van der Waals surface area contributed by atoms with Crippen LogP contribution in [-0.4, -0.2) is 11.9 Å². The average molecular weight is 370 g/mol. The van der Waals surface area contributed by atoms with Gasteiger partial charge >= 0.3 is 0 Å². The number of carbonyl (C=O) groups excluding carboxylic acids is 2. The number of hydrogen-bond donors (Lipinski definition) is 1. The minimum Gasteiger partial charge on any atom is -0.550 e. The monoisotopic (exact) mass is 370 g/mol. The Labute approximate surface area is 125 Å². The molecule has 100 valence electrons. The molecule has 1 aromatic rings. The summed E-state index contributed by atoms with van der Waals surface area (Å²) in [6.07, 6.45) is 4.43. The number of aliphatic carboxylic acids is 1. The van der Waals surface area contributed by atoms with Crippen LogP contribution in [-0.2, 0) is 9.59 Å². The molecule has 5 heteroatoms. The molecule has 0 saturated carbocycles. The highest BCUT2D eigenvalue weighted by atomic mass is 127. The Kier molecular flexibility index (Phi) is 4.57. The van der Waals surface area contributed by atoms with E-state index < -0.39 is 17.8 Å². The molecule has 2 rings (SSSR count). The fraction of sp³-hybridized carbons (Fsp3) is 0.286. The molecule has 4 nitrogen and oxygen atoms in total. The van der Waals surface area contributed by atoms with Crippen LogP contribution in [0.1, 0.15) is 12.8 Å². The molecule has 0 heterocycles. The van der Waals surface area contributed by atoms with E-state index in [4.69, 9.17) is 0 Å². The van der Waals surface area contributed by atoms with Crippen LogP contribution in [0.25, 0.3) is 0 Å². The molecule has 2 atom stereocenters. The Morgan fingerprint density at radius 3 is 2.26 bits per heavy atom. The molecule has 0 saturated heterocycles. The van der Waals surface area contributed by atoms with E-state index in [1.165, 1.54) is 0 Å². The zero-order valence-corrected chi connectivity index (χ0v) is 12.3. The third-order valence-electron chi connectivity index (χ3n) is 3.18. The van der Waals surface area contributed by atoms with Crippen molar-refractivity contribution in [2.45, 2.75) is 12.8 Å². The molecule has 2 unspecified atom stereocenters. The minimum absolute atomic E-state index is 0.264. The molecule has 1 N–H and O–H groups in total. The third kappa shape index (κ3) is 3.56. The van der Waals surface area contributed by atoms with E-state index in [2.05, 4.69) is 27.9 Å². The molecule has 0 aromatic heterocycles. The van der Waals surface area contributed by atoms with Gasteiger partial charge in [-0.05, 0) is 59.7 Å². The lowest BCUT2D eigenvalue weighted by atomic mass is 9.82. The Bertz CT molecular complexity index is 510. The van der Waals surface area contributed by atoms with Gasteiger partial charge in [0.05, 0.1) is 5.92 Å². The zero-order valence-electron chi connectivity index (χ0n) is 10.1. The topological polar surface area (TPSA) is 69.2 Å². The van der Waals surface area contributed by atoms with Crippen LogP contribution in [0.15, 0.2) is 36.4 Å².